The van der Waals surface area contributed by atoms with Crippen LogP contribution in [0.2, 0.25) is 0 Å². The van der Waals surface area contributed by atoms with E-state index in [-0.39, 0.29) is 47.4 Å². The Morgan fingerprint density at radius 2 is 1.49 bits per heavy atom. The Morgan fingerprint density at radius 1 is 1.00 bits per heavy atom. The standard InChI is InChI=1S/C16H20N4O6.C6H6N4O/c1-3-25-15(23)17-9-11(19-5-6-19)14(22)10(18-16(24)26-4-2)12(13(9)21)20-7-8-20;7-4-1-3-5(6(11)10-4)9-2-8-3/h3-8H2,1-2H3,(H,17,23)(H,18,24);1-2H,(H,8,9)(H3,7,10,11). The molecule has 15 nitrogen and oxygen atoms in total. The van der Waals surface area contributed by atoms with Crippen LogP contribution in [0.1, 0.15) is 13.8 Å². The van der Waals surface area contributed by atoms with Crippen molar-refractivity contribution in [1.29, 1.82) is 5.41 Å². The predicted octanol–water partition coefficient (Wildman–Crippen LogP) is -0.239. The Balaban J connectivity index is 0.000000241. The Kier molecular flexibility index (Phi) is 7.13. The highest BCUT2D eigenvalue weighted by molar-refractivity contribution is 6.26. The summed E-state index contributed by atoms with van der Waals surface area (Å²) in [6, 6.07) is 1.53. The summed E-state index contributed by atoms with van der Waals surface area (Å²) in [5.74, 6) is -1.13. The van der Waals surface area contributed by atoms with Gasteiger partial charge in [0.25, 0.3) is 0 Å². The first-order valence-corrected chi connectivity index (χ1v) is 11.5. The third-order valence-electron chi connectivity index (χ3n) is 5.33. The van der Waals surface area contributed by atoms with Crippen LogP contribution in [0.15, 0.2) is 35.2 Å². The van der Waals surface area contributed by atoms with Crippen LogP contribution in [0.4, 0.5) is 9.59 Å². The van der Waals surface area contributed by atoms with Crippen LogP contribution in [0, 0.1) is 5.41 Å². The third-order valence-corrected chi connectivity index (χ3v) is 5.33. The lowest BCUT2D eigenvalue weighted by atomic mass is 9.98. The maximum absolute atomic E-state index is 13.0. The molecule has 2 aliphatic heterocycles. The average molecular weight is 514 g/mol. The van der Waals surface area contributed by atoms with Crippen molar-refractivity contribution in [3.63, 3.8) is 0 Å². The van der Waals surface area contributed by atoms with Crippen LogP contribution in [0.3, 0.4) is 0 Å². The molecule has 0 bridgehead atoms. The second-order valence-corrected chi connectivity index (χ2v) is 7.96. The van der Waals surface area contributed by atoms with E-state index in [0.29, 0.717) is 37.2 Å². The van der Waals surface area contributed by atoms with E-state index in [1.165, 1.54) is 12.4 Å². The quantitative estimate of drug-likeness (QED) is 0.220. The number of ether oxygens (including phenoxy) is 2. The molecule has 0 aromatic carbocycles. The van der Waals surface area contributed by atoms with E-state index < -0.39 is 23.8 Å². The molecule has 6 N–H and O–H groups in total. The number of pyridine rings is 1. The van der Waals surface area contributed by atoms with Gasteiger partial charge in [0.15, 0.2) is 0 Å². The lowest BCUT2D eigenvalue weighted by Gasteiger charge is -2.25. The smallest absolute Gasteiger partial charge is 0.411 e. The normalized spacial score (nSPS) is 16.4. The third kappa shape index (κ3) is 5.55. The van der Waals surface area contributed by atoms with Gasteiger partial charge in [-0.05, 0) is 13.8 Å². The van der Waals surface area contributed by atoms with Crippen LogP contribution in [0.25, 0.3) is 11.0 Å². The number of imidazole rings is 1. The van der Waals surface area contributed by atoms with Gasteiger partial charge < -0.3 is 34.3 Å². The van der Waals surface area contributed by atoms with Crippen LogP contribution < -0.4 is 16.1 Å². The van der Waals surface area contributed by atoms with Crippen molar-refractivity contribution >= 4 is 34.8 Å². The Labute approximate surface area is 209 Å². The van der Waals surface area contributed by atoms with E-state index in [2.05, 4.69) is 25.6 Å². The number of nitrogens with zero attached hydrogens (tertiary/aromatic N) is 3. The zero-order chi connectivity index (χ0) is 26.7. The fourth-order valence-corrected chi connectivity index (χ4v) is 3.57. The minimum Gasteiger partial charge on any atom is -0.493 e. The molecule has 0 radical (unpaired) electrons. The van der Waals surface area contributed by atoms with Gasteiger partial charge >= 0.3 is 12.2 Å². The summed E-state index contributed by atoms with van der Waals surface area (Å²) in [4.78, 5) is 62.0. The lowest BCUT2D eigenvalue weighted by Crippen LogP contribution is -2.43. The zero-order valence-corrected chi connectivity index (χ0v) is 20.1. The molecule has 4 heterocycles. The number of carbonyl (C=O) groups excluding carboxylic acids is 4. The number of hydrogen-bond acceptors (Lipinski definition) is 11. The average Bonchev–Trinajstić information content (AvgIpc) is 3.77. The van der Waals surface area contributed by atoms with E-state index in [1.807, 2.05) is 0 Å². The highest BCUT2D eigenvalue weighted by atomic mass is 16.6. The van der Waals surface area contributed by atoms with E-state index in [1.54, 1.807) is 23.6 Å². The number of alkyl carbamates (subject to hydrolysis) is 2. The molecule has 196 valence electrons. The summed E-state index contributed by atoms with van der Waals surface area (Å²) in [5.41, 5.74) is 1.12. The number of H-pyrrole nitrogens is 2. The maximum Gasteiger partial charge on any atom is 0.411 e. The molecule has 2 aromatic heterocycles. The van der Waals surface area contributed by atoms with Gasteiger partial charge in [-0.25, -0.2) is 14.6 Å². The van der Waals surface area contributed by atoms with E-state index in [9.17, 15) is 24.3 Å². The number of nitrogens with one attached hydrogen (secondary N) is 5. The summed E-state index contributed by atoms with van der Waals surface area (Å²) < 4.78 is 9.65. The van der Waals surface area contributed by atoms with E-state index in [4.69, 9.17) is 14.9 Å². The van der Waals surface area contributed by atoms with Crippen LogP contribution in [-0.2, 0) is 19.1 Å². The molecule has 37 heavy (non-hydrogen) atoms. The molecule has 2 aromatic rings. The molecule has 3 aliphatic rings. The van der Waals surface area contributed by atoms with Crippen molar-refractivity contribution in [2.24, 2.45) is 0 Å². The summed E-state index contributed by atoms with van der Waals surface area (Å²) in [6.07, 6.45) is -0.151. The van der Waals surface area contributed by atoms with Crippen molar-refractivity contribution in [1.82, 2.24) is 35.4 Å². The summed E-state index contributed by atoms with van der Waals surface area (Å²) >= 11 is 0. The molecule has 2 saturated heterocycles. The molecule has 2 amide bonds. The van der Waals surface area contributed by atoms with Gasteiger partial charge in [0.05, 0.1) is 25.1 Å². The number of amides is 2. The minimum absolute atomic E-state index is 0.0509. The SMILES string of the molecule is CCOC(=O)NC1=C(N2CC2)C(=O)C(NC(=O)OCC)=C(N2CC2)C1=O.N=c1cc2nc[nH]c2c(O)[nH]1. The van der Waals surface area contributed by atoms with Crippen molar-refractivity contribution in [2.75, 3.05) is 39.4 Å². The van der Waals surface area contributed by atoms with E-state index >= 15 is 0 Å². The van der Waals surface area contributed by atoms with Gasteiger partial charge in [-0.3, -0.25) is 25.6 Å². The molecular formula is C22H26N8O7. The largest absolute Gasteiger partial charge is 0.493 e. The summed E-state index contributed by atoms with van der Waals surface area (Å²) in [6.45, 7) is 5.84. The van der Waals surface area contributed by atoms with Gasteiger partial charge in [0.2, 0.25) is 17.4 Å². The molecule has 2 fully saturated rings. The summed E-state index contributed by atoms with van der Waals surface area (Å²) in [5, 5.41) is 21.2. The first kappa shape index (κ1) is 25.3. The number of rotatable bonds is 6. The molecule has 0 spiro atoms. The highest BCUT2D eigenvalue weighted by Gasteiger charge is 2.45. The van der Waals surface area contributed by atoms with Gasteiger partial charge in [0, 0.05) is 32.2 Å². The lowest BCUT2D eigenvalue weighted by molar-refractivity contribution is -0.118. The van der Waals surface area contributed by atoms with Gasteiger partial charge in [-0.15, -0.1) is 0 Å². The number of ketones is 2. The monoisotopic (exact) mass is 514 g/mol. The topological polar surface area (TPSA) is 205 Å². The molecule has 0 saturated carbocycles. The second kappa shape index (κ2) is 10.4. The van der Waals surface area contributed by atoms with Crippen LogP contribution in [0.5, 0.6) is 5.88 Å². The number of fused-ring (bicyclic) bond motifs is 1. The fourth-order valence-electron chi connectivity index (χ4n) is 3.57. The number of aromatic hydroxyl groups is 1. The number of aromatic nitrogens is 3. The molecular weight excluding hydrogens is 488 g/mol. The fraction of sp³-hybridized carbons (Fsp3) is 0.364. The number of Topliss-reactive ketones (excluding diaryl/α,β-unsaturated/α-hetero) is 2. The van der Waals surface area contributed by atoms with E-state index in [0.717, 1.165) is 0 Å². The summed E-state index contributed by atoms with van der Waals surface area (Å²) in [7, 11) is 0. The second-order valence-electron chi connectivity index (χ2n) is 7.96. The molecule has 15 heteroatoms. The molecule has 0 atom stereocenters. The van der Waals surface area contributed by atoms with Gasteiger partial charge in [-0.2, -0.15) is 0 Å². The van der Waals surface area contributed by atoms with Crippen molar-refractivity contribution in [2.45, 2.75) is 13.8 Å². The molecule has 0 unspecified atom stereocenters. The van der Waals surface area contributed by atoms with Crippen LogP contribution >= 0.6 is 0 Å². The first-order valence-electron chi connectivity index (χ1n) is 11.5. The first-order chi connectivity index (χ1) is 17.7. The van der Waals surface area contributed by atoms with Crippen molar-refractivity contribution in [3.8, 4) is 5.88 Å². The Hall–Kier alpha value is -4.82. The Morgan fingerprint density at radius 3 is 1.92 bits per heavy atom. The zero-order valence-electron chi connectivity index (χ0n) is 20.1. The maximum atomic E-state index is 13.0. The predicted molar refractivity (Wildman–Crippen MR) is 125 cm³/mol. The van der Waals surface area contributed by atoms with Gasteiger partial charge in [0.1, 0.15) is 33.8 Å². The number of hydrogen-bond donors (Lipinski definition) is 6. The molecule has 1 aliphatic carbocycles. The molecule has 5 rings (SSSR count). The number of aromatic amines is 2. The van der Waals surface area contributed by atoms with Crippen molar-refractivity contribution in [3.05, 3.63) is 40.7 Å². The van der Waals surface area contributed by atoms with Crippen molar-refractivity contribution < 1.29 is 33.8 Å². The van der Waals surface area contributed by atoms with Crippen LogP contribution in [-0.4, -0.2) is 93.0 Å². The van der Waals surface area contributed by atoms with Gasteiger partial charge in [-0.1, -0.05) is 0 Å². The highest BCUT2D eigenvalue weighted by Crippen LogP contribution is 2.32. The number of carbonyl (C=O) groups is 4. The Bertz CT molecular complexity index is 1320. The minimum atomic E-state index is -0.810.